The van der Waals surface area contributed by atoms with Gasteiger partial charge in [0.15, 0.2) is 0 Å². The van der Waals surface area contributed by atoms with Crippen molar-refractivity contribution in [2.45, 2.75) is 52.1 Å². The SMILES string of the molecule is CCC(=O)N1CCCC1c1nc2ccccc2n1CCCOc1cccc(C)c1. The van der Waals surface area contributed by atoms with Gasteiger partial charge in [0.25, 0.3) is 0 Å². The first-order valence-electron chi connectivity index (χ1n) is 10.6. The minimum atomic E-state index is 0.0764. The average Bonchev–Trinajstić information content (AvgIpc) is 3.35. The fraction of sp³-hybridized carbons (Fsp3) is 0.417. The van der Waals surface area contributed by atoms with E-state index in [2.05, 4.69) is 41.8 Å². The maximum Gasteiger partial charge on any atom is 0.222 e. The predicted octanol–water partition coefficient (Wildman–Crippen LogP) is 4.89. The summed E-state index contributed by atoms with van der Waals surface area (Å²) in [5, 5.41) is 0. The van der Waals surface area contributed by atoms with E-state index in [4.69, 9.17) is 9.72 Å². The highest BCUT2D eigenvalue weighted by Crippen LogP contribution is 2.34. The Kier molecular flexibility index (Phi) is 5.84. The van der Waals surface area contributed by atoms with E-state index in [0.717, 1.165) is 55.0 Å². The second-order valence-electron chi connectivity index (χ2n) is 7.73. The monoisotopic (exact) mass is 391 g/mol. The van der Waals surface area contributed by atoms with E-state index < -0.39 is 0 Å². The molecule has 1 atom stereocenters. The predicted molar refractivity (Wildman–Crippen MR) is 115 cm³/mol. The van der Waals surface area contributed by atoms with Crippen molar-refractivity contribution < 1.29 is 9.53 Å². The lowest BCUT2D eigenvalue weighted by Gasteiger charge is -2.25. The van der Waals surface area contributed by atoms with Crippen LogP contribution in [0.4, 0.5) is 0 Å². The number of likely N-dealkylation sites (tertiary alicyclic amines) is 1. The first-order valence-corrected chi connectivity index (χ1v) is 10.6. The molecule has 0 N–H and O–H groups in total. The summed E-state index contributed by atoms with van der Waals surface area (Å²) in [4.78, 5) is 19.4. The van der Waals surface area contributed by atoms with Crippen molar-refractivity contribution in [1.82, 2.24) is 14.5 Å². The zero-order valence-electron chi connectivity index (χ0n) is 17.3. The first-order chi connectivity index (χ1) is 14.2. The molecule has 0 aliphatic carbocycles. The second kappa shape index (κ2) is 8.68. The van der Waals surface area contributed by atoms with Gasteiger partial charge >= 0.3 is 0 Å². The van der Waals surface area contributed by atoms with Crippen LogP contribution in [0.3, 0.4) is 0 Å². The van der Waals surface area contributed by atoms with Crippen LogP contribution in [0.25, 0.3) is 11.0 Å². The summed E-state index contributed by atoms with van der Waals surface area (Å²) in [5.41, 5.74) is 3.33. The van der Waals surface area contributed by atoms with Gasteiger partial charge in [-0.3, -0.25) is 4.79 Å². The van der Waals surface area contributed by atoms with Crippen molar-refractivity contribution in [3.05, 3.63) is 59.9 Å². The number of imidazole rings is 1. The number of fused-ring (bicyclic) bond motifs is 1. The lowest BCUT2D eigenvalue weighted by atomic mass is 10.2. The molecule has 0 bridgehead atoms. The van der Waals surface area contributed by atoms with Crippen LogP contribution >= 0.6 is 0 Å². The van der Waals surface area contributed by atoms with Crippen LogP contribution in [0.1, 0.15) is 50.0 Å². The minimum Gasteiger partial charge on any atom is -0.494 e. The Labute approximate surface area is 172 Å². The molecule has 2 aromatic carbocycles. The normalized spacial score (nSPS) is 16.5. The van der Waals surface area contributed by atoms with Gasteiger partial charge in [-0.1, -0.05) is 31.2 Å². The Hall–Kier alpha value is -2.82. The number of carbonyl (C=O) groups excluding carboxylic acids is 1. The largest absolute Gasteiger partial charge is 0.494 e. The average molecular weight is 392 g/mol. The van der Waals surface area contributed by atoms with Crippen molar-refractivity contribution in [2.75, 3.05) is 13.2 Å². The summed E-state index contributed by atoms with van der Waals surface area (Å²) in [7, 11) is 0. The smallest absolute Gasteiger partial charge is 0.222 e. The molecular formula is C24H29N3O2. The molecule has 152 valence electrons. The van der Waals surface area contributed by atoms with E-state index in [-0.39, 0.29) is 11.9 Å². The molecule has 1 aliphatic rings. The van der Waals surface area contributed by atoms with Crippen LogP contribution in [-0.2, 0) is 11.3 Å². The third-order valence-corrected chi connectivity index (χ3v) is 5.64. The Morgan fingerprint density at radius 3 is 2.90 bits per heavy atom. The zero-order valence-corrected chi connectivity index (χ0v) is 17.3. The number of benzene rings is 2. The van der Waals surface area contributed by atoms with Crippen molar-refractivity contribution in [3.8, 4) is 5.75 Å². The van der Waals surface area contributed by atoms with Crippen LogP contribution in [0.15, 0.2) is 48.5 Å². The number of ether oxygens (including phenoxy) is 1. The highest BCUT2D eigenvalue weighted by molar-refractivity contribution is 5.78. The highest BCUT2D eigenvalue weighted by atomic mass is 16.5. The van der Waals surface area contributed by atoms with Crippen molar-refractivity contribution in [2.24, 2.45) is 0 Å². The number of aromatic nitrogens is 2. The Bertz CT molecular complexity index is 995. The molecule has 2 heterocycles. The molecule has 0 spiro atoms. The summed E-state index contributed by atoms with van der Waals surface area (Å²) in [6.07, 6.45) is 3.45. The molecule has 29 heavy (non-hydrogen) atoms. The van der Waals surface area contributed by atoms with Crippen molar-refractivity contribution in [1.29, 1.82) is 0 Å². The van der Waals surface area contributed by atoms with Gasteiger partial charge in [-0.2, -0.15) is 0 Å². The number of hydrogen-bond donors (Lipinski definition) is 0. The molecule has 1 aromatic heterocycles. The molecule has 1 unspecified atom stereocenters. The number of hydrogen-bond acceptors (Lipinski definition) is 3. The third-order valence-electron chi connectivity index (χ3n) is 5.64. The summed E-state index contributed by atoms with van der Waals surface area (Å²) < 4.78 is 8.23. The van der Waals surface area contributed by atoms with Gasteiger partial charge < -0.3 is 14.2 Å². The summed E-state index contributed by atoms with van der Waals surface area (Å²) >= 11 is 0. The maximum atomic E-state index is 12.4. The molecule has 5 heteroatoms. The molecular weight excluding hydrogens is 362 g/mol. The standard InChI is InChI=1S/C24H29N3O2/c1-3-23(28)26-14-7-13-22(26)24-25-20-11-4-5-12-21(20)27(24)15-8-16-29-19-10-6-9-18(2)17-19/h4-6,9-12,17,22H,3,7-8,13-16H2,1-2H3. The minimum absolute atomic E-state index is 0.0764. The fourth-order valence-corrected chi connectivity index (χ4v) is 4.24. The number of rotatable bonds is 7. The first kappa shape index (κ1) is 19.5. The van der Waals surface area contributed by atoms with Crippen LogP contribution in [0, 0.1) is 6.92 Å². The molecule has 0 saturated carbocycles. The number of para-hydroxylation sites is 2. The van der Waals surface area contributed by atoms with Gasteiger partial charge in [0.05, 0.1) is 23.7 Å². The van der Waals surface area contributed by atoms with Gasteiger partial charge in [0.2, 0.25) is 5.91 Å². The quantitative estimate of drug-likeness (QED) is 0.539. The van der Waals surface area contributed by atoms with Crippen LogP contribution < -0.4 is 4.74 Å². The van der Waals surface area contributed by atoms with Crippen molar-refractivity contribution >= 4 is 16.9 Å². The van der Waals surface area contributed by atoms with Crippen LogP contribution in [0.2, 0.25) is 0 Å². The summed E-state index contributed by atoms with van der Waals surface area (Å²) in [6.45, 7) is 6.31. The van der Waals surface area contributed by atoms with E-state index in [1.165, 1.54) is 5.56 Å². The molecule has 4 rings (SSSR count). The zero-order chi connectivity index (χ0) is 20.2. The number of aryl methyl sites for hydroxylation is 2. The number of nitrogens with zero attached hydrogens (tertiary/aromatic N) is 3. The van der Waals surface area contributed by atoms with Gasteiger partial charge in [-0.25, -0.2) is 4.98 Å². The molecule has 1 saturated heterocycles. The van der Waals surface area contributed by atoms with E-state index in [0.29, 0.717) is 13.0 Å². The van der Waals surface area contributed by atoms with Gasteiger partial charge in [0, 0.05) is 19.5 Å². The van der Waals surface area contributed by atoms with Crippen LogP contribution in [0.5, 0.6) is 5.75 Å². The van der Waals surface area contributed by atoms with Gasteiger partial charge in [-0.15, -0.1) is 0 Å². The topological polar surface area (TPSA) is 47.4 Å². The third kappa shape index (κ3) is 4.14. The molecule has 5 nitrogen and oxygen atoms in total. The van der Waals surface area contributed by atoms with E-state index in [1.54, 1.807) is 0 Å². The fourth-order valence-electron chi connectivity index (χ4n) is 4.24. The number of amides is 1. The maximum absolute atomic E-state index is 12.4. The van der Waals surface area contributed by atoms with Gasteiger partial charge in [-0.05, 0) is 56.0 Å². The van der Waals surface area contributed by atoms with E-state index in [1.807, 2.05) is 30.0 Å². The van der Waals surface area contributed by atoms with Crippen LogP contribution in [-0.4, -0.2) is 33.5 Å². The Balaban J connectivity index is 1.53. The highest BCUT2D eigenvalue weighted by Gasteiger charge is 2.32. The van der Waals surface area contributed by atoms with Crippen molar-refractivity contribution in [3.63, 3.8) is 0 Å². The molecule has 1 fully saturated rings. The lowest BCUT2D eigenvalue weighted by Crippen LogP contribution is -2.31. The molecule has 1 aliphatic heterocycles. The lowest BCUT2D eigenvalue weighted by molar-refractivity contribution is -0.131. The van der Waals surface area contributed by atoms with Gasteiger partial charge in [0.1, 0.15) is 11.6 Å². The van der Waals surface area contributed by atoms with E-state index >= 15 is 0 Å². The van der Waals surface area contributed by atoms with E-state index in [9.17, 15) is 4.79 Å². The Morgan fingerprint density at radius 2 is 2.07 bits per heavy atom. The second-order valence-corrected chi connectivity index (χ2v) is 7.73. The molecule has 0 radical (unpaired) electrons. The molecule has 1 amide bonds. The molecule has 3 aromatic rings. The Morgan fingerprint density at radius 1 is 1.21 bits per heavy atom. The summed E-state index contributed by atoms with van der Waals surface area (Å²) in [5.74, 6) is 2.14. The number of carbonyl (C=O) groups is 1. The summed E-state index contributed by atoms with van der Waals surface area (Å²) in [6, 6.07) is 16.5.